The number of benzene rings is 2. The van der Waals surface area contributed by atoms with Crippen LogP contribution in [0.25, 0.3) is 0 Å². The van der Waals surface area contributed by atoms with Crippen LogP contribution >= 0.6 is 11.3 Å². The summed E-state index contributed by atoms with van der Waals surface area (Å²) in [6.07, 6.45) is 2.80. The molecule has 0 radical (unpaired) electrons. The Hall–Kier alpha value is -3.10. The minimum Gasteiger partial charge on any atom is -0.484 e. The fourth-order valence-corrected chi connectivity index (χ4v) is 4.92. The van der Waals surface area contributed by atoms with Crippen molar-refractivity contribution < 1.29 is 9.53 Å². The highest BCUT2D eigenvalue weighted by molar-refractivity contribution is 7.16. The molecule has 0 saturated heterocycles. The van der Waals surface area contributed by atoms with Gasteiger partial charge in [-0.2, -0.15) is 5.26 Å². The third-order valence-corrected chi connectivity index (χ3v) is 6.18. The van der Waals surface area contributed by atoms with Gasteiger partial charge in [0, 0.05) is 4.88 Å². The number of rotatable bonds is 5. The Bertz CT molecular complexity index is 1010. The fraction of sp³-hybridized carbons (Fsp3) is 0.217. The third-order valence-electron chi connectivity index (χ3n) is 5.01. The average Bonchev–Trinajstić information content (AvgIpc) is 3.09. The molecule has 1 atom stereocenters. The van der Waals surface area contributed by atoms with Crippen molar-refractivity contribution in [3.8, 4) is 11.8 Å². The predicted molar refractivity (Wildman–Crippen MR) is 111 cm³/mol. The molecule has 3 aromatic rings. The van der Waals surface area contributed by atoms with Crippen LogP contribution < -0.4 is 10.1 Å². The van der Waals surface area contributed by atoms with Gasteiger partial charge in [-0.25, -0.2) is 0 Å². The van der Waals surface area contributed by atoms with Crippen LogP contribution in [0.15, 0.2) is 60.7 Å². The molecule has 0 bridgehead atoms. The molecule has 1 amide bonds. The Morgan fingerprint density at radius 2 is 1.86 bits per heavy atom. The number of carbonyl (C=O) groups excluding carboxylic acids is 1. The zero-order valence-electron chi connectivity index (χ0n) is 15.4. The summed E-state index contributed by atoms with van der Waals surface area (Å²) < 4.78 is 5.50. The minimum absolute atomic E-state index is 0.0793. The number of ether oxygens (including phenoxy) is 1. The number of hydrogen-bond donors (Lipinski definition) is 1. The molecule has 4 nitrogen and oxygen atoms in total. The van der Waals surface area contributed by atoms with Crippen LogP contribution in [0.2, 0.25) is 0 Å². The Morgan fingerprint density at radius 3 is 2.57 bits per heavy atom. The Balaban J connectivity index is 1.46. The first-order valence-electron chi connectivity index (χ1n) is 9.32. The number of nitrogens with one attached hydrogen (secondary N) is 1. The SMILES string of the molecule is N#Cc1c(NC(=O)COc2ccccc2)sc2c1CCC(c1ccccc1)C2. The van der Waals surface area contributed by atoms with E-state index in [1.165, 1.54) is 21.8 Å². The number of amides is 1. The largest absolute Gasteiger partial charge is 0.484 e. The second-order valence-corrected chi connectivity index (χ2v) is 7.93. The number of nitriles is 1. The van der Waals surface area contributed by atoms with Gasteiger partial charge in [-0.15, -0.1) is 11.3 Å². The maximum atomic E-state index is 12.3. The predicted octanol–water partition coefficient (Wildman–Crippen LogP) is 4.91. The molecule has 0 fully saturated rings. The van der Waals surface area contributed by atoms with Crippen molar-refractivity contribution in [1.82, 2.24) is 0 Å². The van der Waals surface area contributed by atoms with E-state index in [4.69, 9.17) is 4.74 Å². The monoisotopic (exact) mass is 388 g/mol. The van der Waals surface area contributed by atoms with Crippen LogP contribution in [0.3, 0.4) is 0 Å². The van der Waals surface area contributed by atoms with Crippen molar-refractivity contribution in [1.29, 1.82) is 5.26 Å². The van der Waals surface area contributed by atoms with Crippen molar-refractivity contribution in [2.45, 2.75) is 25.2 Å². The van der Waals surface area contributed by atoms with Gasteiger partial charge in [0.15, 0.2) is 6.61 Å². The molecule has 1 aliphatic rings. The molecule has 28 heavy (non-hydrogen) atoms. The zero-order valence-corrected chi connectivity index (χ0v) is 16.2. The topological polar surface area (TPSA) is 62.1 Å². The van der Waals surface area contributed by atoms with Crippen LogP contribution in [0, 0.1) is 11.3 Å². The lowest BCUT2D eigenvalue weighted by molar-refractivity contribution is -0.118. The molecule has 1 aliphatic carbocycles. The molecule has 5 heteroatoms. The van der Waals surface area contributed by atoms with Crippen LogP contribution in [-0.4, -0.2) is 12.5 Å². The first kappa shape index (κ1) is 18.3. The van der Waals surface area contributed by atoms with E-state index in [1.54, 1.807) is 0 Å². The Kier molecular flexibility index (Phi) is 5.41. The summed E-state index contributed by atoms with van der Waals surface area (Å²) in [5.74, 6) is 0.858. The van der Waals surface area contributed by atoms with E-state index in [9.17, 15) is 10.1 Å². The summed E-state index contributed by atoms with van der Waals surface area (Å²) in [7, 11) is 0. The summed E-state index contributed by atoms with van der Waals surface area (Å²) in [6.45, 7) is -0.0793. The molecule has 1 heterocycles. The molecular formula is C23H20N2O2S. The lowest BCUT2D eigenvalue weighted by Crippen LogP contribution is -2.20. The number of para-hydroxylation sites is 1. The normalized spacial score (nSPS) is 15.3. The molecule has 0 spiro atoms. The van der Waals surface area contributed by atoms with Gasteiger partial charge in [0.25, 0.3) is 5.91 Å². The summed E-state index contributed by atoms with van der Waals surface area (Å²) in [5, 5.41) is 13.2. The summed E-state index contributed by atoms with van der Waals surface area (Å²) in [6, 6.07) is 22.0. The van der Waals surface area contributed by atoms with Gasteiger partial charge >= 0.3 is 0 Å². The molecule has 4 rings (SSSR count). The van der Waals surface area contributed by atoms with E-state index in [0.717, 1.165) is 24.8 Å². The van der Waals surface area contributed by atoms with E-state index in [1.807, 2.05) is 36.4 Å². The van der Waals surface area contributed by atoms with Crippen molar-refractivity contribution in [2.75, 3.05) is 11.9 Å². The lowest BCUT2D eigenvalue weighted by Gasteiger charge is -2.22. The zero-order chi connectivity index (χ0) is 19.3. The second kappa shape index (κ2) is 8.28. The molecule has 0 saturated carbocycles. The first-order valence-corrected chi connectivity index (χ1v) is 10.1. The van der Waals surface area contributed by atoms with Crippen LogP contribution in [0.5, 0.6) is 5.75 Å². The van der Waals surface area contributed by atoms with Crippen molar-refractivity contribution in [3.63, 3.8) is 0 Å². The maximum absolute atomic E-state index is 12.3. The highest BCUT2D eigenvalue weighted by Gasteiger charge is 2.27. The van der Waals surface area contributed by atoms with Gasteiger partial charge in [-0.1, -0.05) is 48.5 Å². The van der Waals surface area contributed by atoms with Gasteiger partial charge < -0.3 is 10.1 Å². The van der Waals surface area contributed by atoms with Gasteiger partial charge in [0.2, 0.25) is 0 Å². The van der Waals surface area contributed by atoms with Crippen molar-refractivity contribution in [3.05, 3.63) is 82.2 Å². The van der Waals surface area contributed by atoms with Gasteiger partial charge in [0.1, 0.15) is 16.8 Å². The standard InChI is InChI=1S/C23H20N2O2S/c24-14-20-19-12-11-17(16-7-3-1-4-8-16)13-21(19)28-23(20)25-22(26)15-27-18-9-5-2-6-10-18/h1-10,17H,11-13,15H2,(H,25,26). The van der Waals surface area contributed by atoms with E-state index in [2.05, 4.69) is 35.7 Å². The molecular weight excluding hydrogens is 368 g/mol. The van der Waals surface area contributed by atoms with E-state index >= 15 is 0 Å². The molecule has 2 aromatic carbocycles. The summed E-state index contributed by atoms with van der Waals surface area (Å²) in [5.41, 5.74) is 3.04. The Labute approximate surface area is 168 Å². The lowest BCUT2D eigenvalue weighted by atomic mass is 9.83. The number of carbonyl (C=O) groups is 1. The van der Waals surface area contributed by atoms with Gasteiger partial charge in [-0.3, -0.25) is 4.79 Å². The highest BCUT2D eigenvalue weighted by atomic mass is 32.1. The number of thiophene rings is 1. The van der Waals surface area contributed by atoms with E-state index in [-0.39, 0.29) is 12.5 Å². The van der Waals surface area contributed by atoms with Gasteiger partial charge in [0.05, 0.1) is 5.56 Å². The quantitative estimate of drug-likeness (QED) is 0.675. The molecule has 140 valence electrons. The average molecular weight is 388 g/mol. The third kappa shape index (κ3) is 3.92. The number of nitrogens with zero attached hydrogens (tertiary/aromatic N) is 1. The smallest absolute Gasteiger partial charge is 0.262 e. The minimum atomic E-state index is -0.251. The fourth-order valence-electron chi connectivity index (χ4n) is 3.63. The molecule has 1 aromatic heterocycles. The molecule has 1 unspecified atom stereocenters. The van der Waals surface area contributed by atoms with E-state index < -0.39 is 0 Å². The maximum Gasteiger partial charge on any atom is 0.262 e. The summed E-state index contributed by atoms with van der Waals surface area (Å²) in [4.78, 5) is 13.5. The first-order chi connectivity index (χ1) is 13.7. The van der Waals surface area contributed by atoms with Crippen LogP contribution in [0.1, 0.15) is 33.9 Å². The highest BCUT2D eigenvalue weighted by Crippen LogP contribution is 2.42. The molecule has 1 N–H and O–H groups in total. The number of anilines is 1. The van der Waals surface area contributed by atoms with Crippen LogP contribution in [0.4, 0.5) is 5.00 Å². The Morgan fingerprint density at radius 1 is 1.14 bits per heavy atom. The van der Waals surface area contributed by atoms with Crippen molar-refractivity contribution in [2.24, 2.45) is 0 Å². The van der Waals surface area contributed by atoms with Crippen molar-refractivity contribution >= 4 is 22.2 Å². The summed E-state index contributed by atoms with van der Waals surface area (Å²) >= 11 is 1.52. The molecule has 0 aliphatic heterocycles. The number of hydrogen-bond acceptors (Lipinski definition) is 4. The number of fused-ring (bicyclic) bond motifs is 1. The second-order valence-electron chi connectivity index (χ2n) is 6.82. The van der Waals surface area contributed by atoms with Gasteiger partial charge in [-0.05, 0) is 48.4 Å². The van der Waals surface area contributed by atoms with Crippen LogP contribution in [-0.2, 0) is 17.6 Å². The van der Waals surface area contributed by atoms with E-state index in [0.29, 0.717) is 22.2 Å².